The summed E-state index contributed by atoms with van der Waals surface area (Å²) in [5, 5.41) is 7.34. The minimum Gasteiger partial charge on any atom is -0.378 e. The third-order valence-electron chi connectivity index (χ3n) is 4.00. The highest BCUT2D eigenvalue weighted by Gasteiger charge is 2.30. The van der Waals surface area contributed by atoms with Gasteiger partial charge >= 0.3 is 0 Å². The predicted molar refractivity (Wildman–Crippen MR) is 86.6 cm³/mol. The molecule has 0 radical (unpaired) electrons. The molecule has 0 aliphatic carbocycles. The van der Waals surface area contributed by atoms with E-state index in [4.69, 9.17) is 4.74 Å². The molecule has 3 rings (SSSR count). The van der Waals surface area contributed by atoms with Gasteiger partial charge in [0.15, 0.2) is 0 Å². The maximum absolute atomic E-state index is 12.3. The van der Waals surface area contributed by atoms with Crippen molar-refractivity contribution in [1.29, 1.82) is 0 Å². The molecule has 1 aromatic rings. The second kappa shape index (κ2) is 7.76. The molecule has 3 heterocycles. The molecule has 0 spiro atoms. The van der Waals surface area contributed by atoms with Gasteiger partial charge in [0.2, 0.25) is 11.8 Å². The number of aromatic nitrogens is 2. The standard InChI is InChI=1S/C14H21N5O3.ClH/c1-17-8-12(7-16-17)19-4-3-18(9-14(19)21)13(20)6-11-10-22-5-2-15-11;/h7-8,11,15H,2-6,9-10H2,1H3;1H. The number of hydrogen-bond acceptors (Lipinski definition) is 5. The van der Waals surface area contributed by atoms with Crippen LogP contribution in [0.2, 0.25) is 0 Å². The lowest BCUT2D eigenvalue weighted by Gasteiger charge is -2.34. The van der Waals surface area contributed by atoms with Gasteiger partial charge in [-0.1, -0.05) is 0 Å². The Bertz CT molecular complexity index is 558. The number of ether oxygens (including phenoxy) is 1. The first-order valence-corrected chi connectivity index (χ1v) is 7.51. The Labute approximate surface area is 141 Å². The molecule has 1 aromatic heterocycles. The maximum atomic E-state index is 12.3. The largest absolute Gasteiger partial charge is 0.378 e. The van der Waals surface area contributed by atoms with E-state index in [0.29, 0.717) is 32.7 Å². The number of aryl methyl sites for hydroxylation is 1. The summed E-state index contributed by atoms with van der Waals surface area (Å²) in [7, 11) is 1.81. The van der Waals surface area contributed by atoms with Crippen LogP contribution in [-0.2, 0) is 21.4 Å². The summed E-state index contributed by atoms with van der Waals surface area (Å²) in [6.07, 6.45) is 3.84. The van der Waals surface area contributed by atoms with Gasteiger partial charge in [0.25, 0.3) is 0 Å². The Morgan fingerprint density at radius 3 is 2.91 bits per heavy atom. The minimum atomic E-state index is -0.0690. The van der Waals surface area contributed by atoms with E-state index in [1.54, 1.807) is 26.9 Å². The molecule has 0 saturated carbocycles. The van der Waals surface area contributed by atoms with Crippen molar-refractivity contribution in [3.8, 4) is 0 Å². The number of morpholine rings is 1. The van der Waals surface area contributed by atoms with Crippen molar-refractivity contribution in [1.82, 2.24) is 20.0 Å². The average molecular weight is 344 g/mol. The van der Waals surface area contributed by atoms with E-state index in [2.05, 4.69) is 10.4 Å². The number of carbonyl (C=O) groups excluding carboxylic acids is 2. The lowest BCUT2D eigenvalue weighted by atomic mass is 10.1. The molecular weight excluding hydrogens is 322 g/mol. The molecule has 9 heteroatoms. The molecule has 1 unspecified atom stereocenters. The topological polar surface area (TPSA) is 79.7 Å². The summed E-state index contributed by atoms with van der Waals surface area (Å²) in [5.74, 6) is -0.0670. The smallest absolute Gasteiger partial charge is 0.246 e. The fraction of sp³-hybridized carbons (Fsp3) is 0.643. The summed E-state index contributed by atoms with van der Waals surface area (Å²) in [6, 6.07) is 0.0488. The van der Waals surface area contributed by atoms with Crippen molar-refractivity contribution < 1.29 is 14.3 Å². The van der Waals surface area contributed by atoms with Gasteiger partial charge in [-0.2, -0.15) is 5.10 Å². The minimum absolute atomic E-state index is 0. The number of hydrogen-bond donors (Lipinski definition) is 1. The monoisotopic (exact) mass is 343 g/mol. The summed E-state index contributed by atoms with van der Waals surface area (Å²) in [5.41, 5.74) is 0.780. The highest BCUT2D eigenvalue weighted by molar-refractivity contribution is 5.97. The summed E-state index contributed by atoms with van der Waals surface area (Å²) < 4.78 is 7.01. The highest BCUT2D eigenvalue weighted by Crippen LogP contribution is 2.16. The molecule has 2 fully saturated rings. The van der Waals surface area contributed by atoms with Crippen molar-refractivity contribution in [3.63, 3.8) is 0 Å². The first kappa shape index (κ1) is 17.7. The van der Waals surface area contributed by atoms with Crippen LogP contribution in [0.5, 0.6) is 0 Å². The van der Waals surface area contributed by atoms with Crippen LogP contribution in [0.25, 0.3) is 0 Å². The second-order valence-electron chi connectivity index (χ2n) is 5.66. The van der Waals surface area contributed by atoms with E-state index in [1.165, 1.54) is 0 Å². The number of halogens is 1. The predicted octanol–water partition coefficient (Wildman–Crippen LogP) is -0.604. The average Bonchev–Trinajstić information content (AvgIpc) is 2.94. The molecule has 2 amide bonds. The first-order chi connectivity index (χ1) is 10.6. The van der Waals surface area contributed by atoms with Gasteiger partial charge in [-0.25, -0.2) is 0 Å². The van der Waals surface area contributed by atoms with Gasteiger partial charge < -0.3 is 19.9 Å². The fourth-order valence-electron chi connectivity index (χ4n) is 2.80. The van der Waals surface area contributed by atoms with E-state index < -0.39 is 0 Å². The molecule has 1 atom stereocenters. The molecule has 8 nitrogen and oxygen atoms in total. The van der Waals surface area contributed by atoms with Gasteiger partial charge in [0.05, 0.1) is 25.1 Å². The number of carbonyl (C=O) groups is 2. The molecule has 2 saturated heterocycles. The summed E-state index contributed by atoms with van der Waals surface area (Å²) >= 11 is 0. The Morgan fingerprint density at radius 2 is 2.30 bits per heavy atom. The number of piperazine rings is 1. The molecule has 0 aromatic carbocycles. The van der Waals surface area contributed by atoms with Gasteiger partial charge in [0.1, 0.15) is 6.54 Å². The molecular formula is C14H22ClN5O3. The van der Waals surface area contributed by atoms with Crippen LogP contribution in [0.4, 0.5) is 5.69 Å². The highest BCUT2D eigenvalue weighted by atomic mass is 35.5. The van der Waals surface area contributed by atoms with Crippen LogP contribution in [0.15, 0.2) is 12.4 Å². The van der Waals surface area contributed by atoms with Crippen LogP contribution >= 0.6 is 12.4 Å². The maximum Gasteiger partial charge on any atom is 0.246 e. The SMILES string of the molecule is Cl.Cn1cc(N2CCN(C(=O)CC3COCCN3)CC2=O)cn1. The lowest BCUT2D eigenvalue weighted by Crippen LogP contribution is -2.54. The molecule has 128 valence electrons. The third-order valence-corrected chi connectivity index (χ3v) is 4.00. The lowest BCUT2D eigenvalue weighted by molar-refractivity contribution is -0.137. The van der Waals surface area contributed by atoms with Gasteiger partial charge in [-0.3, -0.25) is 14.3 Å². The van der Waals surface area contributed by atoms with Crippen LogP contribution < -0.4 is 10.2 Å². The van der Waals surface area contributed by atoms with Crippen molar-refractivity contribution in [2.75, 3.05) is 44.3 Å². The molecule has 23 heavy (non-hydrogen) atoms. The zero-order valence-electron chi connectivity index (χ0n) is 13.1. The van der Waals surface area contributed by atoms with E-state index in [-0.39, 0.29) is 36.8 Å². The van der Waals surface area contributed by atoms with E-state index >= 15 is 0 Å². The van der Waals surface area contributed by atoms with Crippen LogP contribution in [-0.4, -0.2) is 71.9 Å². The van der Waals surface area contributed by atoms with Crippen molar-refractivity contribution >= 4 is 29.9 Å². The van der Waals surface area contributed by atoms with Crippen LogP contribution in [0, 0.1) is 0 Å². The molecule has 2 aliphatic rings. The van der Waals surface area contributed by atoms with Crippen LogP contribution in [0.3, 0.4) is 0 Å². The number of rotatable bonds is 3. The van der Waals surface area contributed by atoms with E-state index in [9.17, 15) is 9.59 Å². The first-order valence-electron chi connectivity index (χ1n) is 7.51. The molecule has 1 N–H and O–H groups in total. The number of nitrogens with zero attached hydrogens (tertiary/aromatic N) is 4. The number of anilines is 1. The fourth-order valence-corrected chi connectivity index (χ4v) is 2.80. The Kier molecular flexibility index (Phi) is 5.97. The van der Waals surface area contributed by atoms with E-state index in [1.807, 2.05) is 7.05 Å². The zero-order valence-corrected chi connectivity index (χ0v) is 13.9. The third kappa shape index (κ3) is 4.21. The van der Waals surface area contributed by atoms with E-state index in [0.717, 1.165) is 12.2 Å². The Morgan fingerprint density at radius 1 is 1.48 bits per heavy atom. The Balaban J connectivity index is 0.00000192. The number of nitrogens with one attached hydrogen (secondary N) is 1. The summed E-state index contributed by atoms with van der Waals surface area (Å²) in [4.78, 5) is 27.9. The normalized spacial score (nSPS) is 22.0. The summed E-state index contributed by atoms with van der Waals surface area (Å²) in [6.45, 7) is 3.19. The Hall–Kier alpha value is -1.64. The molecule has 2 aliphatic heterocycles. The second-order valence-corrected chi connectivity index (χ2v) is 5.66. The number of amides is 2. The van der Waals surface area contributed by atoms with Crippen LogP contribution in [0.1, 0.15) is 6.42 Å². The molecule has 0 bridgehead atoms. The van der Waals surface area contributed by atoms with Crippen molar-refractivity contribution in [3.05, 3.63) is 12.4 Å². The van der Waals surface area contributed by atoms with Gasteiger partial charge in [-0.05, 0) is 0 Å². The zero-order chi connectivity index (χ0) is 15.5. The van der Waals surface area contributed by atoms with Gasteiger partial charge in [-0.15, -0.1) is 12.4 Å². The quantitative estimate of drug-likeness (QED) is 0.792. The van der Waals surface area contributed by atoms with Crippen molar-refractivity contribution in [2.45, 2.75) is 12.5 Å². The van der Waals surface area contributed by atoms with Gasteiger partial charge in [0, 0.05) is 45.3 Å². The van der Waals surface area contributed by atoms with Crippen molar-refractivity contribution in [2.24, 2.45) is 7.05 Å².